The normalized spacial score (nSPS) is 12.0. The third-order valence-electron chi connectivity index (χ3n) is 3.91. The average Bonchev–Trinajstić information content (AvgIpc) is 2.68. The molecule has 1 atom stereocenters. The Kier molecular flexibility index (Phi) is 13.1. The first kappa shape index (κ1) is 27.0. The predicted molar refractivity (Wildman–Crippen MR) is 106 cm³/mol. The minimum absolute atomic E-state index is 0.0113. The number of hydrogen-bond donors (Lipinski definition) is 4. The highest BCUT2D eigenvalue weighted by molar-refractivity contribution is 8.13. The second-order valence-corrected chi connectivity index (χ2v) is 8.10. The van der Waals surface area contributed by atoms with Gasteiger partial charge in [-0.25, -0.2) is 0 Å². The van der Waals surface area contributed by atoms with Crippen molar-refractivity contribution in [1.82, 2.24) is 10.6 Å². The number of rotatable bonds is 14. The van der Waals surface area contributed by atoms with Crippen molar-refractivity contribution in [1.29, 1.82) is 0 Å². The van der Waals surface area contributed by atoms with E-state index in [1.54, 1.807) is 0 Å². The lowest BCUT2D eigenvalue weighted by Crippen LogP contribution is -2.46. The number of nitrogens with one attached hydrogen (secondary N) is 2. The largest absolute Gasteiger partial charge is 0.469 e. The van der Waals surface area contributed by atoms with E-state index in [1.807, 2.05) is 0 Å². The standard InChI is InChI=1S/C18H30N2O8S/c1-18(2,11-21)16(26)17(27)20-7-6-13(23)19-8-9-29-15(25)10-12(22)4-5-14(24)28-3/h16,21,26H,4-11H2,1-3H3,(H,19,23)(H,20,27). The van der Waals surface area contributed by atoms with Crippen LogP contribution in [-0.2, 0) is 28.7 Å². The monoisotopic (exact) mass is 434 g/mol. The molecule has 0 saturated heterocycles. The molecule has 10 nitrogen and oxygen atoms in total. The highest BCUT2D eigenvalue weighted by atomic mass is 32.2. The Morgan fingerprint density at radius 2 is 1.69 bits per heavy atom. The third kappa shape index (κ3) is 12.2. The smallest absolute Gasteiger partial charge is 0.305 e. The number of Topliss-reactive ketones (excluding diaryl/α,β-unsaturated/α-hetero) is 1. The molecule has 0 saturated carbocycles. The lowest BCUT2D eigenvalue weighted by Gasteiger charge is -2.27. The summed E-state index contributed by atoms with van der Waals surface area (Å²) >= 11 is 0.907. The van der Waals surface area contributed by atoms with Crippen molar-refractivity contribution in [3.63, 3.8) is 0 Å². The molecule has 0 aliphatic carbocycles. The number of thioether (sulfide) groups is 1. The molecule has 1 unspecified atom stereocenters. The van der Waals surface area contributed by atoms with Gasteiger partial charge < -0.3 is 25.6 Å². The first-order valence-electron chi connectivity index (χ1n) is 9.11. The van der Waals surface area contributed by atoms with Gasteiger partial charge in [0.05, 0.1) is 26.6 Å². The molecule has 0 spiro atoms. The van der Waals surface area contributed by atoms with Crippen LogP contribution in [0.1, 0.15) is 39.5 Å². The fraction of sp³-hybridized carbons (Fsp3) is 0.722. The van der Waals surface area contributed by atoms with Gasteiger partial charge in [-0.1, -0.05) is 25.6 Å². The zero-order valence-corrected chi connectivity index (χ0v) is 17.8. The van der Waals surface area contributed by atoms with E-state index in [0.29, 0.717) is 0 Å². The fourth-order valence-corrected chi connectivity index (χ4v) is 2.62. The molecular weight excluding hydrogens is 404 g/mol. The first-order valence-corrected chi connectivity index (χ1v) is 10.1. The number of aliphatic hydroxyl groups is 2. The minimum Gasteiger partial charge on any atom is -0.469 e. The Morgan fingerprint density at radius 1 is 1.03 bits per heavy atom. The van der Waals surface area contributed by atoms with Crippen LogP contribution in [0.25, 0.3) is 0 Å². The number of ether oxygens (including phenoxy) is 1. The molecule has 166 valence electrons. The molecule has 0 aromatic carbocycles. The third-order valence-corrected chi connectivity index (χ3v) is 4.79. The van der Waals surface area contributed by atoms with Gasteiger partial charge in [-0.15, -0.1) is 0 Å². The van der Waals surface area contributed by atoms with E-state index in [2.05, 4.69) is 15.4 Å². The van der Waals surface area contributed by atoms with Gasteiger partial charge in [0.15, 0.2) is 5.12 Å². The summed E-state index contributed by atoms with van der Waals surface area (Å²) in [6.45, 7) is 2.93. The van der Waals surface area contributed by atoms with Gasteiger partial charge >= 0.3 is 5.97 Å². The lowest BCUT2D eigenvalue weighted by molar-refractivity contribution is -0.142. The molecule has 0 heterocycles. The predicted octanol–water partition coefficient (Wildman–Crippen LogP) is -0.839. The molecule has 0 aromatic rings. The van der Waals surface area contributed by atoms with Gasteiger partial charge in [0.2, 0.25) is 11.8 Å². The van der Waals surface area contributed by atoms with Crippen LogP contribution in [0, 0.1) is 5.41 Å². The number of aliphatic hydroxyl groups excluding tert-OH is 2. The van der Waals surface area contributed by atoms with Gasteiger partial charge in [-0.3, -0.25) is 24.0 Å². The summed E-state index contributed by atoms with van der Waals surface area (Å²) in [4.78, 5) is 57.6. The number of carbonyl (C=O) groups excluding carboxylic acids is 5. The molecule has 29 heavy (non-hydrogen) atoms. The zero-order chi connectivity index (χ0) is 22.4. The van der Waals surface area contributed by atoms with Crippen molar-refractivity contribution in [2.24, 2.45) is 5.41 Å². The highest BCUT2D eigenvalue weighted by Gasteiger charge is 2.32. The molecule has 0 aliphatic heterocycles. The number of methoxy groups -OCH3 is 1. The van der Waals surface area contributed by atoms with E-state index in [-0.39, 0.29) is 67.9 Å². The molecule has 0 aromatic heterocycles. The summed E-state index contributed by atoms with van der Waals surface area (Å²) in [6.07, 6.45) is -1.80. The Balaban J connectivity index is 3.89. The summed E-state index contributed by atoms with van der Waals surface area (Å²) in [7, 11) is 1.22. The topological polar surface area (TPSA) is 159 Å². The summed E-state index contributed by atoms with van der Waals surface area (Å²) < 4.78 is 4.41. The van der Waals surface area contributed by atoms with Gasteiger partial charge in [-0.2, -0.15) is 0 Å². The molecular formula is C18H30N2O8S. The summed E-state index contributed by atoms with van der Waals surface area (Å²) in [5.74, 6) is -1.59. The molecule has 0 fully saturated rings. The van der Waals surface area contributed by atoms with Crippen molar-refractivity contribution in [2.75, 3.05) is 32.6 Å². The Morgan fingerprint density at radius 3 is 2.28 bits per heavy atom. The second kappa shape index (κ2) is 14.1. The van der Waals surface area contributed by atoms with Crippen molar-refractivity contribution >= 4 is 40.4 Å². The van der Waals surface area contributed by atoms with Crippen LogP contribution in [0.5, 0.6) is 0 Å². The number of esters is 1. The van der Waals surface area contributed by atoms with E-state index in [0.717, 1.165) is 11.8 Å². The van der Waals surface area contributed by atoms with Crippen LogP contribution in [0.2, 0.25) is 0 Å². The molecule has 4 N–H and O–H groups in total. The van der Waals surface area contributed by atoms with E-state index >= 15 is 0 Å². The molecule has 0 aliphatic rings. The van der Waals surface area contributed by atoms with Crippen LogP contribution in [-0.4, -0.2) is 77.6 Å². The van der Waals surface area contributed by atoms with Crippen LogP contribution in [0.15, 0.2) is 0 Å². The van der Waals surface area contributed by atoms with Crippen molar-refractivity contribution in [2.45, 2.75) is 45.6 Å². The fourth-order valence-electron chi connectivity index (χ4n) is 1.92. The highest BCUT2D eigenvalue weighted by Crippen LogP contribution is 2.19. The summed E-state index contributed by atoms with van der Waals surface area (Å²) in [5, 5.41) is 23.6. The minimum atomic E-state index is -1.40. The van der Waals surface area contributed by atoms with Crippen molar-refractivity contribution in [3.8, 4) is 0 Å². The Hall–Kier alpha value is -1.98. The van der Waals surface area contributed by atoms with Crippen LogP contribution in [0.3, 0.4) is 0 Å². The number of ketones is 1. The van der Waals surface area contributed by atoms with Gasteiger partial charge in [0.25, 0.3) is 0 Å². The Labute approximate surface area is 174 Å². The quantitative estimate of drug-likeness (QED) is 0.155. The van der Waals surface area contributed by atoms with E-state index in [4.69, 9.17) is 5.11 Å². The summed E-state index contributed by atoms with van der Waals surface area (Å²) in [6, 6.07) is 0. The van der Waals surface area contributed by atoms with Crippen molar-refractivity contribution in [3.05, 3.63) is 0 Å². The Bertz CT molecular complexity index is 594. The number of hydrogen-bond acceptors (Lipinski definition) is 9. The van der Waals surface area contributed by atoms with E-state index < -0.39 is 23.4 Å². The van der Waals surface area contributed by atoms with Crippen molar-refractivity contribution < 1.29 is 38.9 Å². The molecule has 2 amide bonds. The molecule has 0 radical (unpaired) electrons. The molecule has 0 bridgehead atoms. The second-order valence-electron chi connectivity index (χ2n) is 6.95. The number of carbonyl (C=O) groups is 5. The van der Waals surface area contributed by atoms with Crippen LogP contribution >= 0.6 is 11.8 Å². The van der Waals surface area contributed by atoms with Crippen LogP contribution in [0.4, 0.5) is 0 Å². The zero-order valence-electron chi connectivity index (χ0n) is 17.0. The maximum atomic E-state index is 11.8. The number of amides is 2. The lowest BCUT2D eigenvalue weighted by atomic mass is 9.87. The average molecular weight is 435 g/mol. The maximum absolute atomic E-state index is 11.8. The SMILES string of the molecule is COC(=O)CCC(=O)CC(=O)SCCNC(=O)CCNC(=O)C(O)C(C)(C)CO. The van der Waals surface area contributed by atoms with E-state index in [9.17, 15) is 29.1 Å². The maximum Gasteiger partial charge on any atom is 0.305 e. The first-order chi connectivity index (χ1) is 13.5. The van der Waals surface area contributed by atoms with Gasteiger partial charge in [0.1, 0.15) is 11.9 Å². The molecule has 0 rings (SSSR count). The van der Waals surface area contributed by atoms with Crippen LogP contribution < -0.4 is 10.6 Å². The van der Waals surface area contributed by atoms with Gasteiger partial charge in [-0.05, 0) is 0 Å². The summed E-state index contributed by atoms with van der Waals surface area (Å²) in [5.41, 5.74) is -0.989. The van der Waals surface area contributed by atoms with E-state index in [1.165, 1.54) is 21.0 Å². The molecule has 11 heteroatoms. The van der Waals surface area contributed by atoms with Gasteiger partial charge in [0, 0.05) is 37.1 Å².